The summed E-state index contributed by atoms with van der Waals surface area (Å²) in [5.74, 6) is -7.37. The Hall–Kier alpha value is -1.08. The molecule has 0 bridgehead atoms. The van der Waals surface area contributed by atoms with Crippen molar-refractivity contribution in [3.8, 4) is 0 Å². The maximum Gasteiger partial charge on any atom is 0.356 e. The molecule has 7 heteroatoms. The molecule has 0 aliphatic rings. The lowest BCUT2D eigenvalue weighted by molar-refractivity contribution is -0.188. The van der Waals surface area contributed by atoms with E-state index in [4.69, 9.17) is 0 Å². The van der Waals surface area contributed by atoms with E-state index in [9.17, 15) is 23.1 Å². The summed E-state index contributed by atoms with van der Waals surface area (Å²) in [4.78, 5) is 10.6. The van der Waals surface area contributed by atoms with Gasteiger partial charge >= 0.3 is 5.92 Å². The molecule has 0 spiro atoms. The third-order valence-electron chi connectivity index (χ3n) is 2.37. The van der Waals surface area contributed by atoms with Crippen molar-refractivity contribution < 1.29 is 23.1 Å². The van der Waals surface area contributed by atoms with Gasteiger partial charge in [-0.25, -0.2) is 4.39 Å². The van der Waals surface area contributed by atoms with Crippen molar-refractivity contribution in [3.63, 3.8) is 0 Å². The quantitative estimate of drug-likeness (QED) is 0.895. The Labute approximate surface area is 104 Å². The van der Waals surface area contributed by atoms with Crippen molar-refractivity contribution in [2.75, 3.05) is 0 Å². The molecule has 1 aromatic carbocycles. The Morgan fingerprint density at radius 1 is 1.47 bits per heavy atom. The maximum absolute atomic E-state index is 13.4. The van der Waals surface area contributed by atoms with E-state index in [-0.39, 0.29) is 4.47 Å². The number of nitrogens with two attached hydrogens (primary N) is 1. The van der Waals surface area contributed by atoms with Crippen LogP contribution in [0.15, 0.2) is 22.7 Å². The Kier molecular flexibility index (Phi) is 3.54. The largest absolute Gasteiger partial charge is 0.378 e. The molecule has 0 aromatic heterocycles. The number of carbonyl (C=O) groups is 1. The summed E-state index contributed by atoms with van der Waals surface area (Å²) in [5, 5.41) is 9.68. The first-order valence-corrected chi connectivity index (χ1v) is 5.25. The van der Waals surface area contributed by atoms with Crippen molar-refractivity contribution in [2.24, 2.45) is 5.73 Å². The van der Waals surface area contributed by atoms with Crippen LogP contribution in [0.1, 0.15) is 12.5 Å². The van der Waals surface area contributed by atoms with E-state index in [0.717, 1.165) is 12.1 Å². The van der Waals surface area contributed by atoms with Crippen molar-refractivity contribution in [1.29, 1.82) is 0 Å². The van der Waals surface area contributed by atoms with Gasteiger partial charge in [0.25, 0.3) is 5.91 Å². The highest BCUT2D eigenvalue weighted by atomic mass is 79.9. The summed E-state index contributed by atoms with van der Waals surface area (Å²) in [5.41, 5.74) is 0.765. The number of carbonyl (C=O) groups excluding carboxylic acids is 1. The van der Waals surface area contributed by atoms with Crippen LogP contribution in [-0.4, -0.2) is 16.9 Å². The molecular weight excluding hydrogens is 303 g/mol. The Balaban J connectivity index is 3.40. The minimum absolute atomic E-state index is 0.287. The van der Waals surface area contributed by atoms with E-state index in [2.05, 4.69) is 21.7 Å². The van der Waals surface area contributed by atoms with Crippen molar-refractivity contribution in [3.05, 3.63) is 34.1 Å². The summed E-state index contributed by atoms with van der Waals surface area (Å²) in [6.45, 7) is 0.628. The normalized spacial score (nSPS) is 15.4. The van der Waals surface area contributed by atoms with E-state index in [1.54, 1.807) is 0 Å². The molecule has 0 aliphatic heterocycles. The lowest BCUT2D eigenvalue weighted by Crippen LogP contribution is -2.52. The number of alkyl halides is 2. The fourth-order valence-corrected chi connectivity index (χ4v) is 1.64. The first-order valence-electron chi connectivity index (χ1n) is 4.46. The number of aliphatic hydroxyl groups is 1. The van der Waals surface area contributed by atoms with Crippen LogP contribution in [0.5, 0.6) is 0 Å². The third-order valence-corrected chi connectivity index (χ3v) is 2.87. The van der Waals surface area contributed by atoms with Crippen LogP contribution >= 0.6 is 15.9 Å². The van der Waals surface area contributed by atoms with Crippen LogP contribution in [0.3, 0.4) is 0 Å². The highest BCUT2D eigenvalue weighted by Crippen LogP contribution is 2.39. The Morgan fingerprint density at radius 3 is 2.47 bits per heavy atom. The molecule has 0 saturated heterocycles. The molecule has 3 N–H and O–H groups in total. The second-order valence-electron chi connectivity index (χ2n) is 3.64. The maximum atomic E-state index is 13.4. The first kappa shape index (κ1) is 14.0. The number of hydrogen-bond acceptors (Lipinski definition) is 2. The lowest BCUT2D eigenvalue weighted by Gasteiger charge is -2.30. The van der Waals surface area contributed by atoms with Gasteiger partial charge in [0.15, 0.2) is 5.60 Å². The Morgan fingerprint density at radius 2 is 2.00 bits per heavy atom. The van der Waals surface area contributed by atoms with Gasteiger partial charge in [-0.2, -0.15) is 8.78 Å². The molecule has 3 nitrogen and oxygen atoms in total. The summed E-state index contributed by atoms with van der Waals surface area (Å²) < 4.78 is 40.5. The molecular formula is C10H9BrF3NO2. The highest BCUT2D eigenvalue weighted by Gasteiger charge is 2.56. The van der Waals surface area contributed by atoms with Gasteiger partial charge in [-0.3, -0.25) is 4.79 Å². The van der Waals surface area contributed by atoms with Gasteiger partial charge < -0.3 is 10.8 Å². The Bertz CT molecular complexity index is 463. The van der Waals surface area contributed by atoms with E-state index in [1.165, 1.54) is 6.07 Å². The van der Waals surface area contributed by atoms with Crippen LogP contribution in [0.4, 0.5) is 13.2 Å². The van der Waals surface area contributed by atoms with E-state index >= 15 is 0 Å². The predicted molar refractivity (Wildman–Crippen MR) is 57.8 cm³/mol. The fourth-order valence-electron chi connectivity index (χ4n) is 1.28. The van der Waals surface area contributed by atoms with Gasteiger partial charge in [0.1, 0.15) is 5.82 Å². The molecule has 94 valence electrons. The van der Waals surface area contributed by atoms with Crippen LogP contribution in [0, 0.1) is 5.82 Å². The number of halogens is 4. The molecule has 1 amide bonds. The second kappa shape index (κ2) is 4.30. The molecule has 1 unspecified atom stereocenters. The number of rotatable bonds is 3. The monoisotopic (exact) mass is 311 g/mol. The van der Waals surface area contributed by atoms with Crippen molar-refractivity contribution in [2.45, 2.75) is 18.4 Å². The molecule has 1 atom stereocenters. The average molecular weight is 312 g/mol. The van der Waals surface area contributed by atoms with Gasteiger partial charge in [-0.1, -0.05) is 15.9 Å². The van der Waals surface area contributed by atoms with Gasteiger partial charge in [-0.15, -0.1) is 0 Å². The van der Waals surface area contributed by atoms with Gasteiger partial charge in [-0.05, 0) is 25.1 Å². The first-order chi connectivity index (χ1) is 7.60. The molecule has 0 saturated carbocycles. The minimum Gasteiger partial charge on any atom is -0.378 e. The number of primary amides is 1. The third kappa shape index (κ3) is 2.30. The lowest BCUT2D eigenvalue weighted by atomic mass is 9.88. The molecule has 0 fully saturated rings. The van der Waals surface area contributed by atoms with E-state index in [0.29, 0.717) is 6.92 Å². The van der Waals surface area contributed by atoms with Crippen LogP contribution in [0.25, 0.3) is 0 Å². The predicted octanol–water partition coefficient (Wildman–Crippen LogP) is 1.92. The number of hydrogen-bond donors (Lipinski definition) is 2. The highest BCUT2D eigenvalue weighted by molar-refractivity contribution is 9.10. The van der Waals surface area contributed by atoms with Gasteiger partial charge in [0.05, 0.1) is 0 Å². The van der Waals surface area contributed by atoms with Crippen LogP contribution in [-0.2, 0) is 10.4 Å². The zero-order valence-corrected chi connectivity index (χ0v) is 10.3. The molecule has 17 heavy (non-hydrogen) atoms. The second-order valence-corrected chi connectivity index (χ2v) is 4.55. The molecule has 0 heterocycles. The van der Waals surface area contributed by atoms with Gasteiger partial charge in [0, 0.05) is 10.0 Å². The number of amides is 1. The number of benzene rings is 1. The average Bonchev–Trinajstić information content (AvgIpc) is 2.21. The van der Waals surface area contributed by atoms with Crippen molar-refractivity contribution >= 4 is 21.8 Å². The van der Waals surface area contributed by atoms with Crippen LogP contribution in [0.2, 0.25) is 0 Å². The SMILES string of the molecule is CC(O)(c1cc(Br)ccc1F)C(F)(F)C(N)=O. The molecule has 1 rings (SSSR count). The zero-order chi connectivity index (χ0) is 13.4. The smallest absolute Gasteiger partial charge is 0.356 e. The summed E-state index contributed by atoms with van der Waals surface area (Å²) in [6.07, 6.45) is 0. The standard InChI is InChI=1S/C10H9BrF3NO2/c1-9(17,10(13,14)8(15)16)6-4-5(11)2-3-7(6)12/h2-4,17H,1H3,(H2,15,16). The molecule has 1 aromatic rings. The van der Waals surface area contributed by atoms with Gasteiger partial charge in [0.2, 0.25) is 0 Å². The fraction of sp³-hybridized carbons (Fsp3) is 0.300. The van der Waals surface area contributed by atoms with Crippen molar-refractivity contribution in [1.82, 2.24) is 0 Å². The topological polar surface area (TPSA) is 63.3 Å². The minimum atomic E-state index is -4.28. The summed E-state index contributed by atoms with van der Waals surface area (Å²) in [7, 11) is 0. The summed E-state index contributed by atoms with van der Waals surface area (Å²) in [6, 6.07) is 3.13. The zero-order valence-electron chi connectivity index (χ0n) is 8.68. The molecule has 0 radical (unpaired) electrons. The molecule has 0 aliphatic carbocycles. The van der Waals surface area contributed by atoms with E-state index in [1.807, 2.05) is 0 Å². The van der Waals surface area contributed by atoms with E-state index < -0.39 is 28.8 Å². The van der Waals surface area contributed by atoms with Crippen LogP contribution < -0.4 is 5.73 Å². The summed E-state index contributed by atoms with van der Waals surface area (Å²) >= 11 is 2.95.